The fourth-order valence-electron chi connectivity index (χ4n) is 1.78. The van der Waals surface area contributed by atoms with Crippen LogP contribution >= 0.6 is 0 Å². The lowest BCUT2D eigenvalue weighted by molar-refractivity contribution is 0.0382. The molecule has 1 aliphatic heterocycles. The first-order chi connectivity index (χ1) is 6.71. The van der Waals surface area contributed by atoms with Crippen LogP contribution in [0.1, 0.15) is 11.1 Å². The highest BCUT2D eigenvalue weighted by Gasteiger charge is 2.40. The summed E-state index contributed by atoms with van der Waals surface area (Å²) in [4.78, 5) is 0. The van der Waals surface area contributed by atoms with Crippen LogP contribution in [-0.4, -0.2) is 19.0 Å². The lowest BCUT2D eigenvalue weighted by Gasteiger charge is -2.21. The number of hydrogen-bond donors (Lipinski definition) is 0. The summed E-state index contributed by atoms with van der Waals surface area (Å²) >= 11 is 0. The Labute approximate surface area is 81.7 Å². The summed E-state index contributed by atoms with van der Waals surface area (Å²) in [5.41, 5.74) is 0.584. The molecule has 0 fully saturated rings. The van der Waals surface area contributed by atoms with Crippen molar-refractivity contribution in [2.24, 2.45) is 0 Å². The van der Waals surface area contributed by atoms with Crippen LogP contribution < -0.4 is 4.74 Å². The van der Waals surface area contributed by atoms with Crippen LogP contribution in [0, 0.1) is 6.92 Å². The Balaban J connectivity index is 2.38. The fraction of sp³-hybridized carbons (Fsp3) is 0.455. The molecule has 1 aliphatic rings. The minimum Gasteiger partial charge on any atom is -0.481 e. The molecule has 0 saturated heterocycles. The number of fused-ring (bicyclic) bond motifs is 1. The maximum atomic E-state index is 12.7. The van der Waals surface area contributed by atoms with Gasteiger partial charge < -0.3 is 4.74 Å². The predicted octanol–water partition coefficient (Wildman–Crippen LogP) is 2.61. The Bertz CT molecular complexity index is 345. The van der Waals surface area contributed by atoms with Gasteiger partial charge in [0.15, 0.2) is 5.60 Å². The summed E-state index contributed by atoms with van der Waals surface area (Å²) in [6.07, 6.45) is 0.330. The van der Waals surface area contributed by atoms with Gasteiger partial charge in [-0.2, -0.15) is 0 Å². The van der Waals surface area contributed by atoms with E-state index < -0.39 is 19.0 Å². The van der Waals surface area contributed by atoms with E-state index in [0.717, 1.165) is 11.1 Å². The van der Waals surface area contributed by atoms with Gasteiger partial charge in [-0.15, -0.1) is 0 Å². The molecule has 0 saturated carbocycles. The Morgan fingerprint density at radius 2 is 2.07 bits per heavy atom. The largest absolute Gasteiger partial charge is 0.481 e. The first-order valence-electron chi connectivity index (χ1n) is 4.60. The average molecular weight is 198 g/mol. The zero-order valence-electron chi connectivity index (χ0n) is 8.02. The number of para-hydroxylation sites is 1. The van der Waals surface area contributed by atoms with Crippen LogP contribution in [0.2, 0.25) is 0 Å². The van der Waals surface area contributed by atoms with Crippen molar-refractivity contribution in [2.45, 2.75) is 18.9 Å². The molecular formula is C11H12F2O. The number of alkyl halides is 2. The van der Waals surface area contributed by atoms with Gasteiger partial charge in [0.1, 0.15) is 19.1 Å². The van der Waals surface area contributed by atoms with E-state index in [9.17, 15) is 8.78 Å². The van der Waals surface area contributed by atoms with Gasteiger partial charge in [0.05, 0.1) is 0 Å². The van der Waals surface area contributed by atoms with E-state index in [1.54, 1.807) is 0 Å². The zero-order chi connectivity index (χ0) is 10.2. The van der Waals surface area contributed by atoms with Crippen molar-refractivity contribution in [1.29, 1.82) is 0 Å². The molecule has 76 valence electrons. The Kier molecular flexibility index (Phi) is 2.17. The molecule has 1 heterocycles. The highest BCUT2D eigenvalue weighted by molar-refractivity contribution is 5.45. The van der Waals surface area contributed by atoms with Crippen molar-refractivity contribution in [1.82, 2.24) is 0 Å². The van der Waals surface area contributed by atoms with Crippen molar-refractivity contribution < 1.29 is 13.5 Å². The maximum absolute atomic E-state index is 12.7. The molecule has 1 nitrogen and oxygen atoms in total. The van der Waals surface area contributed by atoms with E-state index >= 15 is 0 Å². The summed E-state index contributed by atoms with van der Waals surface area (Å²) < 4.78 is 30.7. The molecule has 0 atom stereocenters. The third-order valence-electron chi connectivity index (χ3n) is 2.61. The van der Waals surface area contributed by atoms with Crippen molar-refractivity contribution in [3.8, 4) is 5.75 Å². The summed E-state index contributed by atoms with van der Waals surface area (Å²) in [7, 11) is 0. The second-order valence-electron chi connectivity index (χ2n) is 3.79. The van der Waals surface area contributed by atoms with Crippen molar-refractivity contribution in [3.05, 3.63) is 29.3 Å². The van der Waals surface area contributed by atoms with Gasteiger partial charge in [-0.1, -0.05) is 18.2 Å². The Morgan fingerprint density at radius 3 is 2.64 bits per heavy atom. The van der Waals surface area contributed by atoms with Crippen LogP contribution in [0.5, 0.6) is 5.75 Å². The number of halogens is 2. The molecule has 0 amide bonds. The zero-order valence-corrected chi connectivity index (χ0v) is 8.02. The van der Waals surface area contributed by atoms with Gasteiger partial charge in [0.25, 0.3) is 0 Å². The normalized spacial score (nSPS) is 17.6. The third kappa shape index (κ3) is 1.27. The lowest BCUT2D eigenvalue weighted by atomic mass is 9.99. The van der Waals surface area contributed by atoms with E-state index in [1.807, 2.05) is 25.1 Å². The van der Waals surface area contributed by atoms with Gasteiger partial charge in [-0.05, 0) is 18.1 Å². The highest BCUT2D eigenvalue weighted by Crippen LogP contribution is 2.38. The molecule has 0 spiro atoms. The standard InChI is InChI=1S/C11H12F2O/c1-8-3-2-4-9-5-11(6-12,7-13)14-10(8)9/h2-4H,5-7H2,1H3. The monoisotopic (exact) mass is 198 g/mol. The second kappa shape index (κ2) is 3.23. The molecule has 0 N–H and O–H groups in total. The van der Waals surface area contributed by atoms with Crippen molar-refractivity contribution in [3.63, 3.8) is 0 Å². The Morgan fingerprint density at radius 1 is 1.36 bits per heavy atom. The molecule has 14 heavy (non-hydrogen) atoms. The van der Waals surface area contributed by atoms with Crippen LogP contribution in [-0.2, 0) is 6.42 Å². The summed E-state index contributed by atoms with van der Waals surface area (Å²) in [5.74, 6) is 0.655. The quantitative estimate of drug-likeness (QED) is 0.709. The molecule has 1 aromatic carbocycles. The van der Waals surface area contributed by atoms with E-state index in [2.05, 4.69) is 0 Å². The molecule has 3 heteroatoms. The van der Waals surface area contributed by atoms with Gasteiger partial charge in [0, 0.05) is 6.42 Å². The Hall–Kier alpha value is -1.12. The minimum atomic E-state index is -1.26. The highest BCUT2D eigenvalue weighted by atomic mass is 19.1. The van der Waals surface area contributed by atoms with Crippen LogP contribution in [0.4, 0.5) is 8.78 Å². The average Bonchev–Trinajstić information content (AvgIpc) is 2.59. The lowest BCUT2D eigenvalue weighted by Crippen LogP contribution is -2.39. The topological polar surface area (TPSA) is 9.23 Å². The van der Waals surface area contributed by atoms with Crippen LogP contribution in [0.15, 0.2) is 18.2 Å². The molecule has 2 rings (SSSR count). The van der Waals surface area contributed by atoms with Crippen molar-refractivity contribution >= 4 is 0 Å². The van der Waals surface area contributed by atoms with Gasteiger partial charge in [-0.3, -0.25) is 0 Å². The minimum absolute atomic E-state index is 0.330. The second-order valence-corrected chi connectivity index (χ2v) is 3.79. The predicted molar refractivity (Wildman–Crippen MR) is 50.2 cm³/mol. The van der Waals surface area contributed by atoms with E-state index in [-0.39, 0.29) is 0 Å². The van der Waals surface area contributed by atoms with Crippen molar-refractivity contribution in [2.75, 3.05) is 13.3 Å². The van der Waals surface area contributed by atoms with Gasteiger partial charge in [-0.25, -0.2) is 8.78 Å². The first-order valence-corrected chi connectivity index (χ1v) is 4.60. The molecular weight excluding hydrogens is 186 g/mol. The van der Waals surface area contributed by atoms with Gasteiger partial charge in [0.2, 0.25) is 0 Å². The number of aryl methyl sites for hydroxylation is 1. The number of rotatable bonds is 2. The van der Waals surface area contributed by atoms with E-state index in [1.165, 1.54) is 0 Å². The summed E-state index contributed by atoms with van der Waals surface area (Å²) in [5, 5.41) is 0. The number of hydrogen-bond acceptors (Lipinski definition) is 1. The summed E-state index contributed by atoms with van der Waals surface area (Å²) in [6, 6.07) is 5.62. The fourth-order valence-corrected chi connectivity index (χ4v) is 1.78. The van der Waals surface area contributed by atoms with E-state index in [0.29, 0.717) is 12.2 Å². The molecule has 0 radical (unpaired) electrons. The third-order valence-corrected chi connectivity index (χ3v) is 2.61. The molecule has 0 bridgehead atoms. The molecule has 0 aliphatic carbocycles. The number of ether oxygens (including phenoxy) is 1. The first kappa shape index (κ1) is 9.44. The van der Waals surface area contributed by atoms with Crippen LogP contribution in [0.25, 0.3) is 0 Å². The smallest absolute Gasteiger partial charge is 0.169 e. The molecule has 0 unspecified atom stereocenters. The summed E-state index contributed by atoms with van der Waals surface area (Å²) in [6.45, 7) is 0.320. The SMILES string of the molecule is Cc1cccc2c1OC(CF)(CF)C2. The number of benzene rings is 1. The molecule has 1 aromatic rings. The van der Waals surface area contributed by atoms with Gasteiger partial charge >= 0.3 is 0 Å². The molecule has 0 aromatic heterocycles. The maximum Gasteiger partial charge on any atom is 0.169 e. The van der Waals surface area contributed by atoms with Crippen LogP contribution in [0.3, 0.4) is 0 Å². The van der Waals surface area contributed by atoms with E-state index in [4.69, 9.17) is 4.74 Å².